The summed E-state index contributed by atoms with van der Waals surface area (Å²) in [5, 5.41) is 2.82. The van der Waals surface area contributed by atoms with Gasteiger partial charge in [0.05, 0.1) is 11.0 Å². The van der Waals surface area contributed by atoms with Crippen LogP contribution in [0.3, 0.4) is 0 Å². The SMILES string of the molecule is Cc1cn2cc(C(=O)NCCc3nc4ccc(F)cc4[nH]3)nc2s1. The van der Waals surface area contributed by atoms with Crippen molar-refractivity contribution in [1.29, 1.82) is 0 Å². The number of aromatic nitrogens is 4. The lowest BCUT2D eigenvalue weighted by molar-refractivity contribution is 0.0949. The molecule has 0 bridgehead atoms. The third kappa shape index (κ3) is 2.76. The van der Waals surface area contributed by atoms with Crippen LogP contribution in [0.4, 0.5) is 4.39 Å². The fourth-order valence-corrected chi connectivity index (χ4v) is 3.37. The molecule has 4 rings (SSSR count). The van der Waals surface area contributed by atoms with Crippen LogP contribution < -0.4 is 5.32 Å². The van der Waals surface area contributed by atoms with Crippen molar-refractivity contribution >= 4 is 33.2 Å². The van der Waals surface area contributed by atoms with E-state index in [-0.39, 0.29) is 11.7 Å². The molecule has 0 aliphatic heterocycles. The Morgan fingerprint density at radius 2 is 2.25 bits per heavy atom. The minimum Gasteiger partial charge on any atom is -0.350 e. The maximum atomic E-state index is 13.2. The Balaban J connectivity index is 1.40. The van der Waals surface area contributed by atoms with Crippen molar-refractivity contribution < 1.29 is 9.18 Å². The van der Waals surface area contributed by atoms with Crippen LogP contribution in [0.25, 0.3) is 16.0 Å². The van der Waals surface area contributed by atoms with Crippen LogP contribution in [0.15, 0.2) is 30.6 Å². The monoisotopic (exact) mass is 343 g/mol. The van der Waals surface area contributed by atoms with Crippen LogP contribution in [-0.2, 0) is 6.42 Å². The topological polar surface area (TPSA) is 75.1 Å². The van der Waals surface area contributed by atoms with Crippen molar-refractivity contribution in [2.75, 3.05) is 6.54 Å². The first-order valence-electron chi connectivity index (χ1n) is 7.46. The van der Waals surface area contributed by atoms with Gasteiger partial charge in [-0.25, -0.2) is 14.4 Å². The number of fused-ring (bicyclic) bond motifs is 2. The molecule has 0 saturated heterocycles. The number of hydrogen-bond donors (Lipinski definition) is 2. The van der Waals surface area contributed by atoms with E-state index in [1.54, 1.807) is 23.6 Å². The molecule has 6 nitrogen and oxygen atoms in total. The fraction of sp³-hybridized carbons (Fsp3) is 0.188. The summed E-state index contributed by atoms with van der Waals surface area (Å²) in [6.07, 6.45) is 4.19. The number of aryl methyl sites for hydroxylation is 1. The van der Waals surface area contributed by atoms with Gasteiger partial charge in [-0.15, -0.1) is 11.3 Å². The van der Waals surface area contributed by atoms with Crippen LogP contribution in [-0.4, -0.2) is 31.8 Å². The van der Waals surface area contributed by atoms with Gasteiger partial charge < -0.3 is 10.3 Å². The summed E-state index contributed by atoms with van der Waals surface area (Å²) in [4.78, 5) is 25.8. The summed E-state index contributed by atoms with van der Waals surface area (Å²) in [6.45, 7) is 2.42. The molecule has 2 N–H and O–H groups in total. The number of aromatic amines is 1. The summed E-state index contributed by atoms with van der Waals surface area (Å²) in [5.41, 5.74) is 1.76. The number of carbonyl (C=O) groups is 1. The van der Waals surface area contributed by atoms with E-state index >= 15 is 0 Å². The number of hydrogen-bond acceptors (Lipinski definition) is 4. The second-order valence-corrected chi connectivity index (χ2v) is 6.72. The average molecular weight is 343 g/mol. The molecule has 4 aromatic rings. The van der Waals surface area contributed by atoms with E-state index in [0.29, 0.717) is 35.5 Å². The summed E-state index contributed by atoms with van der Waals surface area (Å²) < 4.78 is 15.0. The molecule has 0 radical (unpaired) electrons. The van der Waals surface area contributed by atoms with Gasteiger partial charge in [-0.2, -0.15) is 0 Å². The molecular formula is C16H14FN5OS. The molecule has 24 heavy (non-hydrogen) atoms. The number of carbonyl (C=O) groups excluding carboxylic acids is 1. The minimum atomic E-state index is -0.305. The highest BCUT2D eigenvalue weighted by Gasteiger charge is 2.12. The summed E-state index contributed by atoms with van der Waals surface area (Å²) in [6, 6.07) is 4.41. The first kappa shape index (κ1) is 14.8. The molecule has 0 saturated carbocycles. The van der Waals surface area contributed by atoms with E-state index in [4.69, 9.17) is 0 Å². The Morgan fingerprint density at radius 1 is 1.38 bits per heavy atom. The summed E-state index contributed by atoms with van der Waals surface area (Å²) >= 11 is 1.54. The van der Waals surface area contributed by atoms with Crippen LogP contribution in [0.5, 0.6) is 0 Å². The van der Waals surface area contributed by atoms with Crippen molar-refractivity contribution in [3.8, 4) is 0 Å². The summed E-state index contributed by atoms with van der Waals surface area (Å²) in [5.74, 6) is 0.184. The van der Waals surface area contributed by atoms with E-state index in [2.05, 4.69) is 20.3 Å². The second-order valence-electron chi connectivity index (χ2n) is 5.51. The van der Waals surface area contributed by atoms with Crippen molar-refractivity contribution in [2.45, 2.75) is 13.3 Å². The second kappa shape index (κ2) is 5.72. The molecule has 0 aliphatic rings. The minimum absolute atomic E-state index is 0.217. The number of nitrogens with zero attached hydrogens (tertiary/aromatic N) is 3. The van der Waals surface area contributed by atoms with Gasteiger partial charge in [0.2, 0.25) is 0 Å². The third-order valence-electron chi connectivity index (χ3n) is 3.64. The Labute approximate surface area is 140 Å². The maximum Gasteiger partial charge on any atom is 0.271 e. The number of thiazole rings is 1. The Morgan fingerprint density at radius 3 is 3.08 bits per heavy atom. The van der Waals surface area contributed by atoms with Crippen LogP contribution in [0.2, 0.25) is 0 Å². The van der Waals surface area contributed by atoms with E-state index in [1.807, 2.05) is 17.5 Å². The number of nitrogens with one attached hydrogen (secondary N) is 2. The standard InChI is InChI=1S/C16H14FN5OS/c1-9-7-22-8-13(21-16(22)24-9)15(23)18-5-4-14-19-11-3-2-10(17)6-12(11)20-14/h2-3,6-8H,4-5H2,1H3,(H,18,23)(H,19,20). The molecule has 1 aromatic carbocycles. The predicted octanol–water partition coefficient (Wildman–Crippen LogP) is 2.69. The highest BCUT2D eigenvalue weighted by molar-refractivity contribution is 7.17. The lowest BCUT2D eigenvalue weighted by atomic mass is 10.3. The van der Waals surface area contributed by atoms with E-state index in [9.17, 15) is 9.18 Å². The lowest BCUT2D eigenvalue weighted by Crippen LogP contribution is -2.26. The highest BCUT2D eigenvalue weighted by Crippen LogP contribution is 2.16. The number of amides is 1. The van der Waals surface area contributed by atoms with Gasteiger partial charge in [-0.1, -0.05) is 0 Å². The van der Waals surface area contributed by atoms with E-state index < -0.39 is 0 Å². The normalized spacial score (nSPS) is 11.4. The van der Waals surface area contributed by atoms with Crippen molar-refractivity contribution in [2.24, 2.45) is 0 Å². The largest absolute Gasteiger partial charge is 0.350 e. The van der Waals surface area contributed by atoms with Crippen molar-refractivity contribution in [3.05, 3.63) is 52.8 Å². The van der Waals surface area contributed by atoms with Crippen LogP contribution in [0.1, 0.15) is 21.2 Å². The fourth-order valence-electron chi connectivity index (χ4n) is 2.56. The van der Waals surface area contributed by atoms with E-state index in [1.165, 1.54) is 12.1 Å². The molecule has 0 fully saturated rings. The van der Waals surface area contributed by atoms with Crippen molar-refractivity contribution in [1.82, 2.24) is 24.7 Å². The predicted molar refractivity (Wildman–Crippen MR) is 89.9 cm³/mol. The first-order valence-corrected chi connectivity index (χ1v) is 8.27. The van der Waals surface area contributed by atoms with Gasteiger partial charge >= 0.3 is 0 Å². The smallest absolute Gasteiger partial charge is 0.271 e. The van der Waals surface area contributed by atoms with Crippen LogP contribution in [0, 0.1) is 12.7 Å². The summed E-state index contributed by atoms with van der Waals surface area (Å²) in [7, 11) is 0. The molecule has 1 amide bonds. The number of rotatable bonds is 4. The molecule has 0 aliphatic carbocycles. The highest BCUT2D eigenvalue weighted by atomic mass is 32.1. The Hall–Kier alpha value is -2.74. The molecule has 3 heterocycles. The van der Waals surface area contributed by atoms with E-state index in [0.717, 1.165) is 9.84 Å². The Bertz CT molecular complexity index is 1020. The molecule has 0 atom stereocenters. The van der Waals surface area contributed by atoms with Gasteiger partial charge in [0.15, 0.2) is 4.96 Å². The van der Waals surface area contributed by atoms with Gasteiger partial charge in [-0.05, 0) is 25.1 Å². The van der Waals surface area contributed by atoms with Crippen LogP contribution >= 0.6 is 11.3 Å². The molecule has 0 spiro atoms. The zero-order valence-electron chi connectivity index (χ0n) is 12.8. The van der Waals surface area contributed by atoms with Gasteiger partial charge in [0.1, 0.15) is 17.3 Å². The molecule has 0 unspecified atom stereocenters. The zero-order valence-corrected chi connectivity index (χ0v) is 13.7. The number of H-pyrrole nitrogens is 1. The zero-order chi connectivity index (χ0) is 16.7. The van der Waals surface area contributed by atoms with Gasteiger partial charge in [0, 0.05) is 30.2 Å². The lowest BCUT2D eigenvalue weighted by Gasteiger charge is -2.00. The molecule has 3 aromatic heterocycles. The number of imidazole rings is 2. The third-order valence-corrected chi connectivity index (χ3v) is 4.56. The number of halogens is 1. The van der Waals surface area contributed by atoms with Crippen molar-refractivity contribution in [3.63, 3.8) is 0 Å². The molecular weight excluding hydrogens is 329 g/mol. The van der Waals surface area contributed by atoms with Gasteiger partial charge in [0.25, 0.3) is 5.91 Å². The van der Waals surface area contributed by atoms with Gasteiger partial charge in [-0.3, -0.25) is 9.20 Å². The maximum absolute atomic E-state index is 13.2. The quantitative estimate of drug-likeness (QED) is 0.598. The first-order chi connectivity index (χ1) is 11.6. The molecule has 8 heteroatoms. The Kier molecular flexibility index (Phi) is 3.53. The molecule has 122 valence electrons. The number of benzene rings is 1. The average Bonchev–Trinajstić information content (AvgIpc) is 3.18.